The molecule has 6 aromatic rings. The van der Waals surface area contributed by atoms with Gasteiger partial charge in [0.25, 0.3) is 0 Å². The third-order valence-electron chi connectivity index (χ3n) is 9.93. The molecule has 55 heavy (non-hydrogen) atoms. The van der Waals surface area contributed by atoms with Crippen LogP contribution in [0, 0.1) is 0 Å². The maximum Gasteiger partial charge on any atom is 0.159 e. The van der Waals surface area contributed by atoms with E-state index in [-0.39, 0.29) is 5.78 Å². The largest absolute Gasteiger partial charge is 0.374 e. The number of rotatable bonds is 17. The van der Waals surface area contributed by atoms with E-state index in [0.29, 0.717) is 45.0 Å². The van der Waals surface area contributed by atoms with E-state index >= 15 is 0 Å². The van der Waals surface area contributed by atoms with Crippen LogP contribution < -0.4 is 0 Å². The standard InChI is InChI=1S/C49H48O6/c1-36(50)43-27-25-37(26-28-43)29-42-23-14-24-44(30-42)46-48(53-33-40-19-10-4-11-20-40)49(54-34-41-21-12-5-13-22-41)47(52-32-39-17-8-3-9-18-39)45(55-46)35-51-31-38-15-6-2-7-16-38/h2-28,30,45-49H,29,31-35H2,1H3. The Balaban J connectivity index is 1.24. The van der Waals surface area contributed by atoms with Crippen LogP contribution in [0.15, 0.2) is 170 Å². The second kappa shape index (κ2) is 19.4. The molecule has 0 aromatic heterocycles. The van der Waals surface area contributed by atoms with Crippen molar-refractivity contribution < 1.29 is 28.5 Å². The van der Waals surface area contributed by atoms with Crippen molar-refractivity contribution in [2.24, 2.45) is 0 Å². The molecule has 1 aliphatic heterocycles. The lowest BCUT2D eigenvalue weighted by Crippen LogP contribution is -2.58. The zero-order chi connectivity index (χ0) is 37.7. The van der Waals surface area contributed by atoms with Gasteiger partial charge in [0.05, 0.1) is 33.0 Å². The highest BCUT2D eigenvalue weighted by Crippen LogP contribution is 2.39. The van der Waals surface area contributed by atoms with Crippen molar-refractivity contribution in [3.05, 3.63) is 214 Å². The highest BCUT2D eigenvalue weighted by molar-refractivity contribution is 5.94. The topological polar surface area (TPSA) is 63.2 Å². The van der Waals surface area contributed by atoms with Crippen LogP contribution in [-0.4, -0.2) is 36.8 Å². The van der Waals surface area contributed by atoms with Gasteiger partial charge >= 0.3 is 0 Å². The molecule has 1 aliphatic rings. The van der Waals surface area contributed by atoms with Gasteiger partial charge in [-0.1, -0.05) is 170 Å². The Bertz CT molecular complexity index is 2040. The molecule has 6 nitrogen and oxygen atoms in total. The molecule has 1 saturated heterocycles. The number of carbonyl (C=O) groups excluding carboxylic acids is 1. The molecule has 0 saturated carbocycles. The fourth-order valence-corrected chi connectivity index (χ4v) is 7.03. The first-order chi connectivity index (χ1) is 27.1. The van der Waals surface area contributed by atoms with E-state index < -0.39 is 30.5 Å². The third-order valence-corrected chi connectivity index (χ3v) is 9.93. The van der Waals surface area contributed by atoms with Gasteiger partial charge in [-0.25, -0.2) is 0 Å². The molecular weight excluding hydrogens is 685 g/mol. The Morgan fingerprint density at radius 1 is 0.491 bits per heavy atom. The number of benzene rings is 6. The van der Waals surface area contributed by atoms with Crippen molar-refractivity contribution >= 4 is 5.78 Å². The van der Waals surface area contributed by atoms with Gasteiger partial charge in [-0.05, 0) is 52.3 Å². The molecule has 0 spiro atoms. The van der Waals surface area contributed by atoms with E-state index in [9.17, 15) is 4.79 Å². The van der Waals surface area contributed by atoms with Crippen LogP contribution in [0.2, 0.25) is 0 Å². The summed E-state index contributed by atoms with van der Waals surface area (Å²) >= 11 is 0. The lowest BCUT2D eigenvalue weighted by molar-refractivity contribution is -0.275. The smallest absolute Gasteiger partial charge is 0.159 e. The number of hydrogen-bond acceptors (Lipinski definition) is 6. The number of ketones is 1. The van der Waals surface area contributed by atoms with Gasteiger partial charge in [-0.2, -0.15) is 0 Å². The average Bonchev–Trinajstić information content (AvgIpc) is 3.23. The molecule has 6 heteroatoms. The quantitative estimate of drug-likeness (QED) is 0.0871. The molecule has 1 fully saturated rings. The maximum atomic E-state index is 11.9. The zero-order valence-corrected chi connectivity index (χ0v) is 31.2. The summed E-state index contributed by atoms with van der Waals surface area (Å²) in [5.74, 6) is 0.0573. The van der Waals surface area contributed by atoms with Gasteiger partial charge in [-0.3, -0.25) is 4.79 Å². The van der Waals surface area contributed by atoms with Gasteiger partial charge in [0, 0.05) is 5.56 Å². The van der Waals surface area contributed by atoms with E-state index in [0.717, 1.165) is 38.9 Å². The molecule has 0 amide bonds. The predicted octanol–water partition coefficient (Wildman–Crippen LogP) is 9.89. The van der Waals surface area contributed by atoms with Gasteiger partial charge in [0.15, 0.2) is 5.78 Å². The van der Waals surface area contributed by atoms with Crippen molar-refractivity contribution in [1.82, 2.24) is 0 Å². The molecule has 7 rings (SSSR count). The normalized spacial score (nSPS) is 19.5. The third kappa shape index (κ3) is 10.7. The summed E-state index contributed by atoms with van der Waals surface area (Å²) in [6, 6.07) is 57.1. The fraction of sp³-hybridized carbons (Fsp3) is 0.245. The maximum absolute atomic E-state index is 11.9. The predicted molar refractivity (Wildman–Crippen MR) is 214 cm³/mol. The van der Waals surface area contributed by atoms with E-state index in [1.165, 1.54) is 0 Å². The lowest BCUT2D eigenvalue weighted by Gasteiger charge is -2.46. The van der Waals surface area contributed by atoms with Crippen LogP contribution in [0.5, 0.6) is 0 Å². The van der Waals surface area contributed by atoms with Crippen LogP contribution in [0.4, 0.5) is 0 Å². The average molecular weight is 733 g/mol. The van der Waals surface area contributed by atoms with Crippen molar-refractivity contribution in [2.45, 2.75) is 70.3 Å². The second-order valence-electron chi connectivity index (χ2n) is 14.1. The monoisotopic (exact) mass is 732 g/mol. The second-order valence-corrected chi connectivity index (χ2v) is 14.1. The summed E-state index contributed by atoms with van der Waals surface area (Å²) < 4.78 is 34.3. The molecule has 6 aromatic carbocycles. The number of ether oxygens (including phenoxy) is 5. The SMILES string of the molecule is CC(=O)c1ccc(Cc2cccc(C3OC(COCc4ccccc4)C(OCc4ccccc4)C(OCc4ccccc4)C3OCc3ccccc3)c2)cc1. The van der Waals surface area contributed by atoms with Crippen LogP contribution in [-0.2, 0) is 56.5 Å². The minimum Gasteiger partial charge on any atom is -0.374 e. The molecule has 0 radical (unpaired) electrons. The Labute approximate surface area is 324 Å². The van der Waals surface area contributed by atoms with Crippen molar-refractivity contribution in [3.63, 3.8) is 0 Å². The van der Waals surface area contributed by atoms with Crippen LogP contribution in [0.1, 0.15) is 62.3 Å². The number of hydrogen-bond donors (Lipinski definition) is 0. The zero-order valence-electron chi connectivity index (χ0n) is 31.2. The van der Waals surface area contributed by atoms with Gasteiger partial charge in [0.2, 0.25) is 0 Å². The Hall–Kier alpha value is -5.21. The van der Waals surface area contributed by atoms with E-state index in [1.807, 2.05) is 97.1 Å². The lowest BCUT2D eigenvalue weighted by atomic mass is 9.89. The summed E-state index contributed by atoms with van der Waals surface area (Å²) in [4.78, 5) is 11.9. The van der Waals surface area contributed by atoms with E-state index in [2.05, 4.69) is 72.8 Å². The minimum absolute atomic E-state index is 0.0573. The highest BCUT2D eigenvalue weighted by Gasteiger charge is 2.49. The summed E-state index contributed by atoms with van der Waals surface area (Å²) in [7, 11) is 0. The molecular formula is C49H48O6. The Morgan fingerprint density at radius 3 is 1.49 bits per heavy atom. The molecule has 280 valence electrons. The van der Waals surface area contributed by atoms with Crippen molar-refractivity contribution in [1.29, 1.82) is 0 Å². The van der Waals surface area contributed by atoms with Crippen molar-refractivity contribution in [3.8, 4) is 0 Å². The Kier molecular flexibility index (Phi) is 13.4. The summed E-state index contributed by atoms with van der Waals surface area (Å²) in [6.07, 6.45) is -1.82. The van der Waals surface area contributed by atoms with Crippen LogP contribution in [0.3, 0.4) is 0 Å². The first-order valence-corrected chi connectivity index (χ1v) is 19.0. The highest BCUT2D eigenvalue weighted by atomic mass is 16.6. The molecule has 5 atom stereocenters. The van der Waals surface area contributed by atoms with Gasteiger partial charge in [0.1, 0.15) is 30.5 Å². The first-order valence-electron chi connectivity index (χ1n) is 19.0. The number of Topliss-reactive ketones (excluding diaryl/α,β-unsaturated/α-hetero) is 1. The fourth-order valence-electron chi connectivity index (χ4n) is 7.03. The molecule has 0 aliphatic carbocycles. The summed E-state index contributed by atoms with van der Waals surface area (Å²) in [5, 5.41) is 0. The molecule has 0 bridgehead atoms. The van der Waals surface area contributed by atoms with E-state index in [1.54, 1.807) is 6.92 Å². The van der Waals surface area contributed by atoms with Crippen LogP contribution >= 0.6 is 0 Å². The summed E-state index contributed by atoms with van der Waals surface area (Å²) in [6.45, 7) is 3.46. The van der Waals surface area contributed by atoms with Gasteiger partial charge in [-0.15, -0.1) is 0 Å². The van der Waals surface area contributed by atoms with Crippen LogP contribution in [0.25, 0.3) is 0 Å². The molecule has 5 unspecified atom stereocenters. The molecule has 0 N–H and O–H groups in total. The van der Waals surface area contributed by atoms with Gasteiger partial charge < -0.3 is 23.7 Å². The number of carbonyl (C=O) groups is 1. The first kappa shape index (κ1) is 38.1. The minimum atomic E-state index is -0.528. The van der Waals surface area contributed by atoms with Crippen molar-refractivity contribution in [2.75, 3.05) is 6.61 Å². The Morgan fingerprint density at radius 2 is 0.964 bits per heavy atom. The summed E-state index contributed by atoms with van der Waals surface area (Å²) in [5.41, 5.74) is 8.19. The van der Waals surface area contributed by atoms with E-state index in [4.69, 9.17) is 23.7 Å². The molecule has 1 heterocycles.